The number of carboxylic acid groups (broad SMARTS) is 1. The maximum Gasteiger partial charge on any atom is 0.328 e. The van der Waals surface area contributed by atoms with Gasteiger partial charge < -0.3 is 10.0 Å². The van der Waals surface area contributed by atoms with Crippen LogP contribution in [0.3, 0.4) is 0 Å². The number of rotatable bonds is 6. The predicted octanol–water partition coefficient (Wildman–Crippen LogP) is 3.28. The van der Waals surface area contributed by atoms with Gasteiger partial charge in [0.25, 0.3) is 0 Å². The molecule has 0 unspecified atom stereocenters. The van der Waals surface area contributed by atoms with Crippen molar-refractivity contribution >= 4 is 11.9 Å². The van der Waals surface area contributed by atoms with E-state index in [-0.39, 0.29) is 12.4 Å². The lowest BCUT2D eigenvalue weighted by Gasteiger charge is -2.14. The molecule has 0 saturated carbocycles. The number of amides is 1. The van der Waals surface area contributed by atoms with Crippen LogP contribution in [-0.4, -0.2) is 38.7 Å². The van der Waals surface area contributed by atoms with Gasteiger partial charge >= 0.3 is 5.97 Å². The van der Waals surface area contributed by atoms with Crippen LogP contribution in [0.15, 0.2) is 72.9 Å². The van der Waals surface area contributed by atoms with Gasteiger partial charge in [-0.05, 0) is 36.4 Å². The minimum Gasteiger partial charge on any atom is -0.478 e. The minimum atomic E-state index is -1.19. The van der Waals surface area contributed by atoms with E-state index in [0.717, 1.165) is 23.4 Å². The Morgan fingerprint density at radius 1 is 1.11 bits per heavy atom. The largest absolute Gasteiger partial charge is 0.478 e. The second-order valence-corrected chi connectivity index (χ2v) is 6.16. The number of hydrogen-bond donors (Lipinski definition) is 1. The number of likely N-dealkylation sites (N-methyl/N-ethyl adjacent to an activating group) is 1. The standard InChI is InChI=1S/C21H18FN3O3/c1-24(19(26)11-12-20(27)28)13-16-14-25(18-5-3-2-4-6-18)23-21(16)15-7-9-17(22)10-8-15/h2-12,14H,13H2,1H3,(H,27,28)/b12-11+. The number of aliphatic carboxylic acids is 1. The first-order valence-electron chi connectivity index (χ1n) is 8.50. The van der Waals surface area contributed by atoms with Crippen LogP contribution in [-0.2, 0) is 16.1 Å². The lowest BCUT2D eigenvalue weighted by atomic mass is 10.1. The SMILES string of the molecule is CN(Cc1cn(-c2ccccc2)nc1-c1ccc(F)cc1)C(=O)/C=C/C(=O)O. The van der Waals surface area contributed by atoms with E-state index in [9.17, 15) is 14.0 Å². The van der Waals surface area contributed by atoms with E-state index in [4.69, 9.17) is 5.11 Å². The van der Waals surface area contributed by atoms with Gasteiger partial charge in [0.15, 0.2) is 0 Å². The normalized spacial score (nSPS) is 10.9. The molecule has 3 rings (SSSR count). The van der Waals surface area contributed by atoms with Crippen LogP contribution in [0.25, 0.3) is 16.9 Å². The Hall–Kier alpha value is -3.74. The first kappa shape index (κ1) is 19.0. The third-order valence-corrected chi connectivity index (χ3v) is 4.08. The molecule has 0 aliphatic carbocycles. The summed E-state index contributed by atoms with van der Waals surface area (Å²) in [5.41, 5.74) is 2.92. The number of benzene rings is 2. The van der Waals surface area contributed by atoms with Gasteiger partial charge in [0, 0.05) is 43.1 Å². The first-order valence-corrected chi connectivity index (χ1v) is 8.50. The maximum absolute atomic E-state index is 13.3. The summed E-state index contributed by atoms with van der Waals surface area (Å²) in [6, 6.07) is 15.4. The van der Waals surface area contributed by atoms with Crippen molar-refractivity contribution in [2.45, 2.75) is 6.54 Å². The van der Waals surface area contributed by atoms with Crippen LogP contribution in [0.4, 0.5) is 4.39 Å². The fraction of sp³-hybridized carbons (Fsp3) is 0.0952. The predicted molar refractivity (Wildman–Crippen MR) is 102 cm³/mol. The second kappa shape index (κ2) is 8.30. The van der Waals surface area contributed by atoms with Gasteiger partial charge in [-0.15, -0.1) is 0 Å². The summed E-state index contributed by atoms with van der Waals surface area (Å²) in [7, 11) is 1.57. The zero-order valence-electron chi connectivity index (χ0n) is 15.1. The van der Waals surface area contributed by atoms with Crippen molar-refractivity contribution in [1.82, 2.24) is 14.7 Å². The average Bonchev–Trinajstić information content (AvgIpc) is 3.11. The molecule has 1 amide bonds. The number of carbonyl (C=O) groups excluding carboxylic acids is 1. The quantitative estimate of drug-likeness (QED) is 0.667. The molecular formula is C21H18FN3O3. The highest BCUT2D eigenvalue weighted by Gasteiger charge is 2.16. The Morgan fingerprint density at radius 3 is 2.43 bits per heavy atom. The van der Waals surface area contributed by atoms with Crippen molar-refractivity contribution < 1.29 is 19.1 Å². The summed E-state index contributed by atoms with van der Waals surface area (Å²) in [5.74, 6) is -1.98. The van der Waals surface area contributed by atoms with Crippen molar-refractivity contribution in [2.24, 2.45) is 0 Å². The van der Waals surface area contributed by atoms with E-state index >= 15 is 0 Å². The number of para-hydroxylation sites is 1. The highest BCUT2D eigenvalue weighted by molar-refractivity contribution is 5.93. The fourth-order valence-corrected chi connectivity index (χ4v) is 2.69. The number of aromatic nitrogens is 2. The molecule has 1 heterocycles. The van der Waals surface area contributed by atoms with Gasteiger partial charge in [0.05, 0.1) is 11.4 Å². The van der Waals surface area contributed by atoms with Crippen molar-refractivity contribution in [3.05, 3.63) is 84.3 Å². The molecule has 7 heteroatoms. The van der Waals surface area contributed by atoms with E-state index in [1.54, 1.807) is 30.1 Å². The molecule has 0 saturated heterocycles. The molecule has 0 aliphatic rings. The van der Waals surface area contributed by atoms with Crippen LogP contribution in [0.1, 0.15) is 5.56 Å². The van der Waals surface area contributed by atoms with E-state index in [2.05, 4.69) is 5.10 Å². The molecule has 0 bridgehead atoms. The summed E-state index contributed by atoms with van der Waals surface area (Å²) in [5, 5.41) is 13.3. The lowest BCUT2D eigenvalue weighted by molar-refractivity contribution is -0.132. The van der Waals surface area contributed by atoms with Crippen molar-refractivity contribution in [2.75, 3.05) is 7.05 Å². The highest BCUT2D eigenvalue weighted by atomic mass is 19.1. The molecule has 0 radical (unpaired) electrons. The van der Waals surface area contributed by atoms with Gasteiger partial charge in [0.2, 0.25) is 5.91 Å². The molecule has 6 nitrogen and oxygen atoms in total. The van der Waals surface area contributed by atoms with E-state index in [1.807, 2.05) is 30.3 Å². The summed E-state index contributed by atoms with van der Waals surface area (Å²) in [6.45, 7) is 0.211. The molecule has 0 atom stereocenters. The molecule has 28 heavy (non-hydrogen) atoms. The van der Waals surface area contributed by atoms with Gasteiger partial charge in [-0.1, -0.05) is 18.2 Å². The van der Waals surface area contributed by atoms with Gasteiger partial charge in [-0.3, -0.25) is 4.79 Å². The summed E-state index contributed by atoms with van der Waals surface area (Å²) < 4.78 is 15.0. The Bertz CT molecular complexity index is 1010. The topological polar surface area (TPSA) is 75.4 Å². The Morgan fingerprint density at radius 2 is 1.79 bits per heavy atom. The smallest absolute Gasteiger partial charge is 0.328 e. The Labute approximate surface area is 161 Å². The molecule has 1 aromatic heterocycles. The van der Waals surface area contributed by atoms with Gasteiger partial charge in [-0.2, -0.15) is 5.10 Å². The van der Waals surface area contributed by atoms with Crippen LogP contribution in [0.2, 0.25) is 0 Å². The lowest BCUT2D eigenvalue weighted by Crippen LogP contribution is -2.24. The van der Waals surface area contributed by atoms with Crippen molar-refractivity contribution in [3.8, 4) is 16.9 Å². The number of nitrogens with zero attached hydrogens (tertiary/aromatic N) is 3. The van der Waals surface area contributed by atoms with Gasteiger partial charge in [-0.25, -0.2) is 13.9 Å². The Kier molecular flexibility index (Phi) is 5.64. The van der Waals surface area contributed by atoms with E-state index in [1.165, 1.54) is 17.0 Å². The zero-order valence-corrected chi connectivity index (χ0v) is 15.1. The van der Waals surface area contributed by atoms with Crippen LogP contribution >= 0.6 is 0 Å². The van der Waals surface area contributed by atoms with Crippen LogP contribution in [0.5, 0.6) is 0 Å². The van der Waals surface area contributed by atoms with Crippen LogP contribution in [0, 0.1) is 5.82 Å². The molecular weight excluding hydrogens is 361 g/mol. The highest BCUT2D eigenvalue weighted by Crippen LogP contribution is 2.25. The first-order chi connectivity index (χ1) is 13.4. The fourth-order valence-electron chi connectivity index (χ4n) is 2.69. The van der Waals surface area contributed by atoms with Crippen molar-refractivity contribution in [3.63, 3.8) is 0 Å². The Balaban J connectivity index is 1.96. The molecule has 3 aromatic rings. The summed E-state index contributed by atoms with van der Waals surface area (Å²) in [4.78, 5) is 24.1. The average molecular weight is 379 g/mol. The van der Waals surface area contributed by atoms with Crippen molar-refractivity contribution in [1.29, 1.82) is 0 Å². The number of carboxylic acids is 1. The number of carbonyl (C=O) groups is 2. The van der Waals surface area contributed by atoms with E-state index < -0.39 is 11.9 Å². The summed E-state index contributed by atoms with van der Waals surface area (Å²) >= 11 is 0. The number of hydrogen-bond acceptors (Lipinski definition) is 3. The minimum absolute atomic E-state index is 0.211. The monoisotopic (exact) mass is 379 g/mol. The molecule has 0 fully saturated rings. The van der Waals surface area contributed by atoms with Crippen LogP contribution < -0.4 is 0 Å². The number of halogens is 1. The third kappa shape index (κ3) is 4.50. The third-order valence-electron chi connectivity index (χ3n) is 4.08. The molecule has 2 aromatic carbocycles. The second-order valence-electron chi connectivity index (χ2n) is 6.16. The zero-order chi connectivity index (χ0) is 20.1. The van der Waals surface area contributed by atoms with E-state index in [0.29, 0.717) is 11.3 Å². The maximum atomic E-state index is 13.3. The summed E-state index contributed by atoms with van der Waals surface area (Å²) in [6.07, 6.45) is 3.60. The molecule has 0 aliphatic heterocycles. The molecule has 0 spiro atoms. The van der Waals surface area contributed by atoms with Gasteiger partial charge in [0.1, 0.15) is 5.82 Å². The molecule has 1 N–H and O–H groups in total. The molecule has 142 valence electrons.